The SMILES string of the molecule is COCCN1C(=O)c2ccccc2[C@H](C(=O)O)[C@H]1c1ccc(OC)cc1. The summed E-state index contributed by atoms with van der Waals surface area (Å²) in [5.41, 5.74) is 1.72. The Balaban J connectivity index is 2.14. The Morgan fingerprint density at radius 3 is 2.42 bits per heavy atom. The fourth-order valence-electron chi connectivity index (χ4n) is 3.47. The van der Waals surface area contributed by atoms with E-state index >= 15 is 0 Å². The van der Waals surface area contributed by atoms with Gasteiger partial charge in [-0.2, -0.15) is 0 Å². The van der Waals surface area contributed by atoms with Crippen molar-refractivity contribution in [3.8, 4) is 5.75 Å². The number of ether oxygens (including phenoxy) is 2. The average molecular weight is 355 g/mol. The van der Waals surface area contributed by atoms with E-state index in [2.05, 4.69) is 0 Å². The second-order valence-corrected chi connectivity index (χ2v) is 6.11. The summed E-state index contributed by atoms with van der Waals surface area (Å²) in [7, 11) is 3.12. The van der Waals surface area contributed by atoms with E-state index in [0.717, 1.165) is 5.56 Å². The van der Waals surface area contributed by atoms with E-state index in [1.165, 1.54) is 0 Å². The highest BCUT2D eigenvalue weighted by molar-refractivity contribution is 6.00. The average Bonchev–Trinajstić information content (AvgIpc) is 2.67. The van der Waals surface area contributed by atoms with Crippen LogP contribution in [0, 0.1) is 0 Å². The summed E-state index contributed by atoms with van der Waals surface area (Å²) in [5.74, 6) is -1.33. The van der Waals surface area contributed by atoms with Gasteiger partial charge in [0.2, 0.25) is 0 Å². The number of hydrogen-bond acceptors (Lipinski definition) is 4. The van der Waals surface area contributed by atoms with E-state index < -0.39 is 17.9 Å². The van der Waals surface area contributed by atoms with Crippen molar-refractivity contribution in [3.05, 3.63) is 65.2 Å². The maximum atomic E-state index is 13.1. The quantitative estimate of drug-likeness (QED) is 0.862. The number of methoxy groups -OCH3 is 2. The van der Waals surface area contributed by atoms with Crippen molar-refractivity contribution in [2.24, 2.45) is 0 Å². The van der Waals surface area contributed by atoms with E-state index in [0.29, 0.717) is 30.0 Å². The van der Waals surface area contributed by atoms with Crippen molar-refractivity contribution >= 4 is 11.9 Å². The first kappa shape index (κ1) is 17.9. The van der Waals surface area contributed by atoms with Crippen molar-refractivity contribution < 1.29 is 24.2 Å². The maximum absolute atomic E-state index is 13.1. The van der Waals surface area contributed by atoms with Gasteiger partial charge in [-0.05, 0) is 29.3 Å². The molecule has 1 heterocycles. The van der Waals surface area contributed by atoms with Crippen LogP contribution in [0.3, 0.4) is 0 Å². The molecule has 2 atom stereocenters. The minimum Gasteiger partial charge on any atom is -0.497 e. The molecule has 136 valence electrons. The molecular formula is C20H21NO5. The molecule has 0 spiro atoms. The van der Waals surface area contributed by atoms with Crippen LogP contribution in [0.5, 0.6) is 5.75 Å². The Hall–Kier alpha value is -2.86. The maximum Gasteiger partial charge on any atom is 0.313 e. The molecule has 1 aliphatic rings. The number of carbonyl (C=O) groups is 2. The zero-order valence-electron chi connectivity index (χ0n) is 14.7. The molecule has 1 amide bonds. The van der Waals surface area contributed by atoms with Gasteiger partial charge >= 0.3 is 5.97 Å². The lowest BCUT2D eigenvalue weighted by molar-refractivity contribution is -0.140. The number of benzene rings is 2. The second kappa shape index (κ2) is 7.58. The molecule has 3 rings (SSSR count). The minimum absolute atomic E-state index is 0.184. The van der Waals surface area contributed by atoms with Gasteiger partial charge in [0.05, 0.1) is 19.8 Å². The smallest absolute Gasteiger partial charge is 0.313 e. The molecule has 1 aliphatic heterocycles. The van der Waals surface area contributed by atoms with Gasteiger partial charge in [-0.15, -0.1) is 0 Å². The molecular weight excluding hydrogens is 334 g/mol. The summed E-state index contributed by atoms with van der Waals surface area (Å²) in [5, 5.41) is 9.95. The highest BCUT2D eigenvalue weighted by Crippen LogP contribution is 2.42. The fraction of sp³-hybridized carbons (Fsp3) is 0.300. The third-order valence-electron chi connectivity index (χ3n) is 4.70. The Morgan fingerprint density at radius 1 is 1.12 bits per heavy atom. The van der Waals surface area contributed by atoms with Crippen LogP contribution >= 0.6 is 0 Å². The van der Waals surface area contributed by atoms with Crippen LogP contribution in [0.4, 0.5) is 0 Å². The normalized spacial score (nSPS) is 19.2. The molecule has 0 aromatic heterocycles. The molecule has 0 fully saturated rings. The Labute approximate surface area is 152 Å². The van der Waals surface area contributed by atoms with Crippen LogP contribution < -0.4 is 4.74 Å². The number of fused-ring (bicyclic) bond motifs is 1. The monoisotopic (exact) mass is 355 g/mol. The molecule has 0 radical (unpaired) electrons. The molecule has 0 aliphatic carbocycles. The van der Waals surface area contributed by atoms with E-state index in [1.807, 2.05) is 0 Å². The van der Waals surface area contributed by atoms with Gasteiger partial charge in [0.15, 0.2) is 0 Å². The Kier molecular flexibility index (Phi) is 5.23. The predicted octanol–water partition coefficient (Wildman–Crippen LogP) is 2.71. The molecule has 2 aromatic rings. The van der Waals surface area contributed by atoms with E-state index in [1.54, 1.807) is 67.7 Å². The molecule has 0 saturated carbocycles. The molecule has 6 nitrogen and oxygen atoms in total. The predicted molar refractivity (Wildman–Crippen MR) is 95.5 cm³/mol. The summed E-state index contributed by atoms with van der Waals surface area (Å²) in [4.78, 5) is 26.8. The van der Waals surface area contributed by atoms with Crippen molar-refractivity contribution in [2.75, 3.05) is 27.4 Å². The second-order valence-electron chi connectivity index (χ2n) is 6.11. The summed E-state index contributed by atoms with van der Waals surface area (Å²) in [6, 6.07) is 13.4. The van der Waals surface area contributed by atoms with E-state index in [9.17, 15) is 14.7 Å². The number of aliphatic carboxylic acids is 1. The van der Waals surface area contributed by atoms with E-state index in [4.69, 9.17) is 9.47 Å². The Bertz CT molecular complexity index is 802. The summed E-state index contributed by atoms with van der Waals surface area (Å²) in [6.07, 6.45) is 0. The van der Waals surface area contributed by atoms with Crippen molar-refractivity contribution in [2.45, 2.75) is 12.0 Å². The number of amides is 1. The first-order chi connectivity index (χ1) is 12.6. The molecule has 0 saturated heterocycles. The number of nitrogens with zero attached hydrogens (tertiary/aromatic N) is 1. The highest BCUT2D eigenvalue weighted by atomic mass is 16.5. The van der Waals surface area contributed by atoms with Crippen molar-refractivity contribution in [1.82, 2.24) is 4.90 Å². The number of carboxylic acid groups (broad SMARTS) is 1. The molecule has 6 heteroatoms. The summed E-state index contributed by atoms with van der Waals surface area (Å²) < 4.78 is 10.3. The van der Waals surface area contributed by atoms with Crippen molar-refractivity contribution in [1.29, 1.82) is 0 Å². The van der Waals surface area contributed by atoms with Crippen LogP contribution in [0.2, 0.25) is 0 Å². The molecule has 0 unspecified atom stereocenters. The first-order valence-corrected chi connectivity index (χ1v) is 8.34. The molecule has 1 N–H and O–H groups in total. The van der Waals surface area contributed by atoms with Gasteiger partial charge in [-0.3, -0.25) is 9.59 Å². The van der Waals surface area contributed by atoms with Crippen LogP contribution in [0.15, 0.2) is 48.5 Å². The number of carboxylic acids is 1. The minimum atomic E-state index is -0.965. The van der Waals surface area contributed by atoms with Gasteiger partial charge in [-0.1, -0.05) is 30.3 Å². The van der Waals surface area contributed by atoms with Gasteiger partial charge < -0.3 is 19.5 Å². The number of carbonyl (C=O) groups excluding carboxylic acids is 1. The van der Waals surface area contributed by atoms with Crippen LogP contribution in [-0.4, -0.2) is 49.3 Å². The fourth-order valence-corrected chi connectivity index (χ4v) is 3.47. The largest absolute Gasteiger partial charge is 0.497 e. The number of rotatable bonds is 6. The van der Waals surface area contributed by atoms with Crippen LogP contribution in [0.25, 0.3) is 0 Å². The van der Waals surface area contributed by atoms with Crippen LogP contribution in [0.1, 0.15) is 33.4 Å². The number of hydrogen-bond donors (Lipinski definition) is 1. The van der Waals surface area contributed by atoms with E-state index in [-0.39, 0.29) is 5.91 Å². The third-order valence-corrected chi connectivity index (χ3v) is 4.70. The zero-order chi connectivity index (χ0) is 18.7. The van der Waals surface area contributed by atoms with Gasteiger partial charge in [0, 0.05) is 19.2 Å². The lowest BCUT2D eigenvalue weighted by Crippen LogP contribution is -2.46. The summed E-state index contributed by atoms with van der Waals surface area (Å²) >= 11 is 0. The van der Waals surface area contributed by atoms with Gasteiger partial charge in [0.25, 0.3) is 5.91 Å². The molecule has 26 heavy (non-hydrogen) atoms. The Morgan fingerprint density at radius 2 is 1.81 bits per heavy atom. The first-order valence-electron chi connectivity index (χ1n) is 8.34. The molecule has 0 bridgehead atoms. The topological polar surface area (TPSA) is 76.1 Å². The lowest BCUT2D eigenvalue weighted by Gasteiger charge is -2.40. The summed E-state index contributed by atoms with van der Waals surface area (Å²) in [6.45, 7) is 0.636. The highest BCUT2D eigenvalue weighted by Gasteiger charge is 2.43. The van der Waals surface area contributed by atoms with Gasteiger partial charge in [-0.25, -0.2) is 0 Å². The third kappa shape index (κ3) is 3.15. The standard InChI is InChI=1S/C20H21NO5/c1-25-12-11-21-18(13-7-9-14(26-2)10-8-13)17(20(23)24)15-5-3-4-6-16(15)19(21)22/h3-10,17-18H,11-12H2,1-2H3,(H,23,24)/t17-,18+/m0/s1. The van der Waals surface area contributed by atoms with Crippen LogP contribution in [-0.2, 0) is 9.53 Å². The van der Waals surface area contributed by atoms with Gasteiger partial charge in [0.1, 0.15) is 11.7 Å². The molecule has 2 aromatic carbocycles. The lowest BCUT2D eigenvalue weighted by atomic mass is 9.80. The zero-order valence-corrected chi connectivity index (χ0v) is 14.7. The van der Waals surface area contributed by atoms with Crippen molar-refractivity contribution in [3.63, 3.8) is 0 Å².